The zero-order chi connectivity index (χ0) is 18.7. The van der Waals surface area contributed by atoms with Gasteiger partial charge in [0.2, 0.25) is 0 Å². The highest BCUT2D eigenvalue weighted by molar-refractivity contribution is 6.31. The highest BCUT2D eigenvalue weighted by Gasteiger charge is 2.31. The summed E-state index contributed by atoms with van der Waals surface area (Å²) < 4.78 is 54.4. The molecule has 156 valence electrons. The van der Waals surface area contributed by atoms with E-state index >= 15 is 0 Å². The van der Waals surface area contributed by atoms with Gasteiger partial charge in [-0.3, -0.25) is 4.90 Å². The SMILES string of the molecule is Cl.Cl.Fc1ccc([C@@H](c2ccc(OC(F)(F)F)cc2)N2CCNCC2)c(Cl)c1. The van der Waals surface area contributed by atoms with Gasteiger partial charge < -0.3 is 10.1 Å². The van der Waals surface area contributed by atoms with E-state index in [0.717, 1.165) is 31.7 Å². The molecule has 1 saturated heterocycles. The van der Waals surface area contributed by atoms with Gasteiger partial charge >= 0.3 is 6.36 Å². The summed E-state index contributed by atoms with van der Waals surface area (Å²) in [6.07, 6.45) is -4.74. The van der Waals surface area contributed by atoms with Crippen molar-refractivity contribution in [2.24, 2.45) is 0 Å². The number of piperazine rings is 1. The van der Waals surface area contributed by atoms with Crippen LogP contribution in [0.25, 0.3) is 0 Å². The van der Waals surface area contributed by atoms with Gasteiger partial charge in [-0.25, -0.2) is 4.39 Å². The van der Waals surface area contributed by atoms with Crippen molar-refractivity contribution in [3.05, 3.63) is 64.4 Å². The van der Waals surface area contributed by atoms with Gasteiger partial charge in [0.25, 0.3) is 0 Å². The maximum atomic E-state index is 13.4. The topological polar surface area (TPSA) is 24.5 Å². The van der Waals surface area contributed by atoms with Crippen LogP contribution < -0.4 is 10.1 Å². The van der Waals surface area contributed by atoms with E-state index in [4.69, 9.17) is 11.6 Å². The molecule has 0 bridgehead atoms. The first-order chi connectivity index (χ1) is 12.3. The number of ether oxygens (including phenoxy) is 1. The van der Waals surface area contributed by atoms with Crippen LogP contribution in [0.5, 0.6) is 5.75 Å². The van der Waals surface area contributed by atoms with E-state index in [0.29, 0.717) is 5.56 Å². The summed E-state index contributed by atoms with van der Waals surface area (Å²) in [5.74, 6) is -0.725. The van der Waals surface area contributed by atoms with Gasteiger partial charge in [-0.05, 0) is 35.4 Å². The van der Waals surface area contributed by atoms with Crippen LogP contribution in [0.2, 0.25) is 5.02 Å². The second-order valence-corrected chi connectivity index (χ2v) is 6.38. The van der Waals surface area contributed by atoms with Crippen LogP contribution in [-0.2, 0) is 0 Å². The van der Waals surface area contributed by atoms with E-state index in [1.165, 1.54) is 24.3 Å². The minimum absolute atomic E-state index is 0. The largest absolute Gasteiger partial charge is 0.573 e. The summed E-state index contributed by atoms with van der Waals surface area (Å²) in [6.45, 7) is 3.04. The fourth-order valence-electron chi connectivity index (χ4n) is 3.10. The molecule has 0 unspecified atom stereocenters. The molecule has 10 heteroatoms. The Balaban J connectivity index is 0.00000196. The molecule has 1 atom stereocenters. The lowest BCUT2D eigenvalue weighted by atomic mass is 9.96. The number of halogens is 7. The molecule has 0 saturated carbocycles. The first-order valence-electron chi connectivity index (χ1n) is 8.09. The summed E-state index contributed by atoms with van der Waals surface area (Å²) in [5, 5.41) is 3.53. The third-order valence-corrected chi connectivity index (χ3v) is 4.53. The summed E-state index contributed by atoms with van der Waals surface area (Å²) in [4.78, 5) is 2.16. The second-order valence-electron chi connectivity index (χ2n) is 5.97. The molecule has 1 N–H and O–H groups in total. The second kappa shape index (κ2) is 10.5. The summed E-state index contributed by atoms with van der Waals surface area (Å²) in [5.41, 5.74) is 1.47. The van der Waals surface area contributed by atoms with E-state index in [1.807, 2.05) is 0 Å². The Morgan fingerprint density at radius 3 is 2.14 bits per heavy atom. The van der Waals surface area contributed by atoms with Crippen molar-refractivity contribution >= 4 is 36.4 Å². The first kappa shape index (κ1) is 24.8. The zero-order valence-corrected chi connectivity index (χ0v) is 16.9. The van der Waals surface area contributed by atoms with Gasteiger partial charge in [-0.1, -0.05) is 29.8 Å². The number of nitrogens with one attached hydrogen (secondary N) is 1. The number of rotatable bonds is 4. The van der Waals surface area contributed by atoms with E-state index in [1.54, 1.807) is 18.2 Å². The molecule has 2 aromatic carbocycles. The Labute approximate surface area is 177 Å². The minimum atomic E-state index is -4.74. The molecule has 28 heavy (non-hydrogen) atoms. The Morgan fingerprint density at radius 2 is 1.61 bits per heavy atom. The lowest BCUT2D eigenvalue weighted by Crippen LogP contribution is -2.45. The van der Waals surface area contributed by atoms with Crippen LogP contribution >= 0.6 is 36.4 Å². The number of nitrogens with zero attached hydrogens (tertiary/aromatic N) is 1. The molecule has 0 spiro atoms. The van der Waals surface area contributed by atoms with E-state index < -0.39 is 12.2 Å². The molecule has 0 aromatic heterocycles. The van der Waals surface area contributed by atoms with Crippen LogP contribution in [0.4, 0.5) is 17.6 Å². The number of alkyl halides is 3. The van der Waals surface area contributed by atoms with Gasteiger partial charge in [0.05, 0.1) is 6.04 Å². The first-order valence-corrected chi connectivity index (χ1v) is 8.47. The highest BCUT2D eigenvalue weighted by Crippen LogP contribution is 2.35. The number of hydrogen-bond acceptors (Lipinski definition) is 3. The van der Waals surface area contributed by atoms with Crippen molar-refractivity contribution in [2.45, 2.75) is 12.4 Å². The molecule has 2 aromatic rings. The standard InChI is InChI=1S/C18H17ClF4N2O.2ClH/c19-16-11-13(20)3-6-15(16)17(25-9-7-24-8-10-25)12-1-4-14(5-2-12)26-18(21,22)23;;/h1-6,11,17,24H,7-10H2;2*1H/t17-;;/m1../s1. The highest BCUT2D eigenvalue weighted by atomic mass is 35.5. The molecule has 1 heterocycles. The monoisotopic (exact) mass is 460 g/mol. The fourth-order valence-corrected chi connectivity index (χ4v) is 3.37. The third-order valence-electron chi connectivity index (χ3n) is 4.20. The normalized spacial score (nSPS) is 15.9. The number of benzene rings is 2. The fraction of sp³-hybridized carbons (Fsp3) is 0.333. The molecule has 1 aliphatic heterocycles. The summed E-state index contributed by atoms with van der Waals surface area (Å²) in [7, 11) is 0. The molecule has 0 amide bonds. The van der Waals surface area contributed by atoms with Crippen LogP contribution in [-0.4, -0.2) is 37.4 Å². The Kier molecular flexibility index (Phi) is 9.30. The Hall–Kier alpha value is -1.25. The molecule has 3 nitrogen and oxygen atoms in total. The maximum absolute atomic E-state index is 13.4. The predicted octanol–water partition coefficient (Wildman–Crippen LogP) is 5.22. The van der Waals surface area contributed by atoms with Gasteiger partial charge in [-0.15, -0.1) is 38.0 Å². The molecule has 3 rings (SSSR count). The molecule has 0 aliphatic carbocycles. The predicted molar refractivity (Wildman–Crippen MR) is 105 cm³/mol. The quantitative estimate of drug-likeness (QED) is 0.632. The van der Waals surface area contributed by atoms with Crippen LogP contribution in [0.15, 0.2) is 42.5 Å². The lowest BCUT2D eigenvalue weighted by molar-refractivity contribution is -0.274. The van der Waals surface area contributed by atoms with Crippen molar-refractivity contribution < 1.29 is 22.3 Å². The van der Waals surface area contributed by atoms with Crippen LogP contribution in [0.1, 0.15) is 17.2 Å². The Bertz CT molecular complexity index is 753. The minimum Gasteiger partial charge on any atom is -0.406 e. The number of hydrogen-bond donors (Lipinski definition) is 1. The van der Waals surface area contributed by atoms with Crippen molar-refractivity contribution in [3.63, 3.8) is 0 Å². The molecular formula is C18H19Cl3F4N2O. The Morgan fingerprint density at radius 1 is 1.00 bits per heavy atom. The van der Waals surface area contributed by atoms with Crippen molar-refractivity contribution in [2.75, 3.05) is 26.2 Å². The smallest absolute Gasteiger partial charge is 0.406 e. The summed E-state index contributed by atoms with van der Waals surface area (Å²) in [6, 6.07) is 9.60. The van der Waals surface area contributed by atoms with Crippen molar-refractivity contribution in [1.29, 1.82) is 0 Å². The van der Waals surface area contributed by atoms with Gasteiger partial charge in [-0.2, -0.15) is 0 Å². The van der Waals surface area contributed by atoms with E-state index in [2.05, 4.69) is 15.0 Å². The molecule has 1 fully saturated rings. The summed E-state index contributed by atoms with van der Waals surface area (Å²) >= 11 is 6.26. The molecule has 1 aliphatic rings. The maximum Gasteiger partial charge on any atom is 0.573 e. The van der Waals surface area contributed by atoms with Crippen LogP contribution in [0, 0.1) is 5.82 Å². The lowest BCUT2D eigenvalue weighted by Gasteiger charge is -2.36. The van der Waals surface area contributed by atoms with Gasteiger partial charge in [0.15, 0.2) is 0 Å². The molecular weight excluding hydrogens is 443 g/mol. The van der Waals surface area contributed by atoms with E-state index in [-0.39, 0.29) is 41.6 Å². The average Bonchev–Trinajstić information content (AvgIpc) is 2.58. The zero-order valence-electron chi connectivity index (χ0n) is 14.5. The van der Waals surface area contributed by atoms with Crippen molar-refractivity contribution in [3.8, 4) is 5.75 Å². The third kappa shape index (κ3) is 6.39. The van der Waals surface area contributed by atoms with Gasteiger partial charge in [0, 0.05) is 31.2 Å². The van der Waals surface area contributed by atoms with Crippen LogP contribution in [0.3, 0.4) is 0 Å². The van der Waals surface area contributed by atoms with Crippen molar-refractivity contribution in [1.82, 2.24) is 10.2 Å². The average molecular weight is 462 g/mol. The molecule has 0 radical (unpaired) electrons. The van der Waals surface area contributed by atoms with E-state index in [9.17, 15) is 17.6 Å². The van der Waals surface area contributed by atoms with Gasteiger partial charge in [0.1, 0.15) is 11.6 Å².